The van der Waals surface area contributed by atoms with Gasteiger partial charge in [-0.1, -0.05) is 18.8 Å². The van der Waals surface area contributed by atoms with Crippen molar-refractivity contribution in [3.63, 3.8) is 0 Å². The second kappa shape index (κ2) is 12.3. The minimum Gasteiger partial charge on any atom is -0.480 e. The molecule has 0 saturated heterocycles. The molecule has 1 fully saturated rings. The summed E-state index contributed by atoms with van der Waals surface area (Å²) in [5.41, 5.74) is -1.18. The van der Waals surface area contributed by atoms with E-state index in [1.54, 1.807) is 39.8 Å². The molecule has 1 aliphatic rings. The van der Waals surface area contributed by atoms with E-state index in [4.69, 9.17) is 9.47 Å². The number of carboxylic acids is 1. The zero-order valence-electron chi connectivity index (χ0n) is 22.1. The molecule has 0 aromatic heterocycles. The molecular formula is C28H34N2O7. The number of nitrogens with one attached hydrogen (secondary N) is 2. The van der Waals surface area contributed by atoms with Crippen LogP contribution in [0.1, 0.15) is 70.3 Å². The van der Waals surface area contributed by atoms with Gasteiger partial charge in [0.2, 0.25) is 0 Å². The molecule has 0 spiro atoms. The Morgan fingerprint density at radius 1 is 1.11 bits per heavy atom. The third-order valence-electron chi connectivity index (χ3n) is 5.78. The summed E-state index contributed by atoms with van der Waals surface area (Å²) in [5.74, 6) is 9.74. The molecule has 3 N–H and O–H groups in total. The maximum atomic E-state index is 12.8. The lowest BCUT2D eigenvalue weighted by atomic mass is 9.89. The Morgan fingerprint density at radius 3 is 2.30 bits per heavy atom. The highest BCUT2D eigenvalue weighted by atomic mass is 16.6. The summed E-state index contributed by atoms with van der Waals surface area (Å²) in [7, 11) is 0. The smallest absolute Gasteiger partial charge is 0.408 e. The Balaban J connectivity index is 2.01. The Bertz CT molecular complexity index is 1150. The van der Waals surface area contributed by atoms with Crippen molar-refractivity contribution < 1.29 is 33.8 Å². The van der Waals surface area contributed by atoms with Crippen LogP contribution in [-0.4, -0.2) is 52.8 Å². The third-order valence-corrected chi connectivity index (χ3v) is 5.78. The van der Waals surface area contributed by atoms with E-state index >= 15 is 0 Å². The number of ether oxygens (including phenoxy) is 2. The van der Waals surface area contributed by atoms with E-state index in [0.717, 1.165) is 6.42 Å². The molecule has 198 valence electrons. The van der Waals surface area contributed by atoms with Gasteiger partial charge in [0.15, 0.2) is 0 Å². The zero-order chi connectivity index (χ0) is 27.8. The molecule has 1 aromatic rings. The van der Waals surface area contributed by atoms with Crippen LogP contribution in [0.3, 0.4) is 0 Å². The number of rotatable bonds is 8. The third kappa shape index (κ3) is 9.53. The van der Waals surface area contributed by atoms with E-state index in [2.05, 4.69) is 34.3 Å². The second-order valence-electron chi connectivity index (χ2n) is 10.1. The molecule has 9 heteroatoms. The molecule has 4 atom stereocenters. The van der Waals surface area contributed by atoms with Gasteiger partial charge in [0.1, 0.15) is 11.6 Å². The fraction of sp³-hybridized carbons (Fsp3) is 0.500. The standard InChI is InChI=1S/C28H34N2O7/c1-7-28(6,30-26(35)37-27(3,4)5)23(25(33)34)29-24(32)20-14-12-19(13-15-20)10-8-9-11-21-16-22(21)17-36-18(2)31/h12-15,21-23H,7,16-17H2,1-6H3,(H,29,32)(H,30,35)(H,33,34)/t21-,22+,23?,28?/m1/s1. The molecule has 0 radical (unpaired) electrons. The first kappa shape index (κ1) is 29.3. The highest BCUT2D eigenvalue weighted by Gasteiger charge is 2.41. The summed E-state index contributed by atoms with van der Waals surface area (Å²) >= 11 is 0. The summed E-state index contributed by atoms with van der Waals surface area (Å²) in [6.07, 6.45) is 0.336. The molecule has 0 heterocycles. The van der Waals surface area contributed by atoms with Crippen LogP contribution in [-0.2, 0) is 19.1 Å². The Hall–Kier alpha value is -3.98. The first-order chi connectivity index (χ1) is 17.2. The van der Waals surface area contributed by atoms with E-state index in [1.807, 2.05) is 0 Å². The number of amides is 2. The van der Waals surface area contributed by atoms with Crippen molar-refractivity contribution in [2.75, 3.05) is 6.61 Å². The Morgan fingerprint density at radius 2 is 1.76 bits per heavy atom. The van der Waals surface area contributed by atoms with Gasteiger partial charge in [-0.3, -0.25) is 9.59 Å². The normalized spacial score (nSPS) is 18.3. The van der Waals surface area contributed by atoms with E-state index in [0.29, 0.717) is 12.2 Å². The van der Waals surface area contributed by atoms with E-state index < -0.39 is 35.2 Å². The monoisotopic (exact) mass is 510 g/mol. The van der Waals surface area contributed by atoms with Gasteiger partial charge < -0.3 is 25.2 Å². The van der Waals surface area contributed by atoms with Crippen molar-refractivity contribution in [1.82, 2.24) is 10.6 Å². The number of hydrogen-bond acceptors (Lipinski definition) is 6. The summed E-state index contributed by atoms with van der Waals surface area (Å²) in [5, 5.41) is 14.9. The second-order valence-corrected chi connectivity index (χ2v) is 10.1. The lowest BCUT2D eigenvalue weighted by Gasteiger charge is -2.36. The van der Waals surface area contributed by atoms with Crippen molar-refractivity contribution in [3.8, 4) is 23.7 Å². The molecule has 2 unspecified atom stereocenters. The molecule has 0 bridgehead atoms. The van der Waals surface area contributed by atoms with E-state index in [-0.39, 0.29) is 29.8 Å². The number of aliphatic carboxylic acids is 1. The number of esters is 1. The molecule has 2 rings (SSSR count). The quantitative estimate of drug-likeness (QED) is 0.362. The van der Waals surface area contributed by atoms with Gasteiger partial charge in [-0.25, -0.2) is 9.59 Å². The average molecular weight is 511 g/mol. The minimum absolute atomic E-state index is 0.181. The van der Waals surface area contributed by atoms with Crippen molar-refractivity contribution in [2.24, 2.45) is 11.8 Å². The highest BCUT2D eigenvalue weighted by molar-refractivity contribution is 5.97. The average Bonchev–Trinajstić information content (AvgIpc) is 3.55. The molecule has 1 saturated carbocycles. The summed E-state index contributed by atoms with van der Waals surface area (Å²) in [4.78, 5) is 48.0. The van der Waals surface area contributed by atoms with Crippen LogP contribution in [0, 0.1) is 35.5 Å². The number of carbonyl (C=O) groups is 4. The molecule has 9 nitrogen and oxygen atoms in total. The zero-order valence-corrected chi connectivity index (χ0v) is 22.1. The largest absolute Gasteiger partial charge is 0.480 e. The van der Waals surface area contributed by atoms with Gasteiger partial charge in [0.05, 0.1) is 12.1 Å². The van der Waals surface area contributed by atoms with Crippen LogP contribution in [0.2, 0.25) is 0 Å². The van der Waals surface area contributed by atoms with Crippen LogP contribution >= 0.6 is 0 Å². The van der Waals surface area contributed by atoms with Crippen molar-refractivity contribution in [3.05, 3.63) is 35.4 Å². The minimum atomic E-state index is -1.40. The summed E-state index contributed by atoms with van der Waals surface area (Å²) in [6, 6.07) is 4.94. The van der Waals surface area contributed by atoms with Crippen LogP contribution in [0.15, 0.2) is 24.3 Å². The first-order valence-corrected chi connectivity index (χ1v) is 12.0. The predicted molar refractivity (Wildman–Crippen MR) is 136 cm³/mol. The molecular weight excluding hydrogens is 476 g/mol. The van der Waals surface area contributed by atoms with Crippen LogP contribution in [0.5, 0.6) is 0 Å². The SMILES string of the molecule is CCC(C)(NC(=O)OC(C)(C)C)C(NC(=O)c1ccc(C#CC#C[C@@H]2C[C@H]2COC(C)=O)cc1)C(=O)O. The van der Waals surface area contributed by atoms with Crippen LogP contribution in [0.4, 0.5) is 4.79 Å². The maximum Gasteiger partial charge on any atom is 0.408 e. The predicted octanol–water partition coefficient (Wildman–Crippen LogP) is 3.12. The molecule has 1 aromatic carbocycles. The Labute approximate surface area is 217 Å². The van der Waals surface area contributed by atoms with E-state index in [9.17, 15) is 24.3 Å². The number of benzene rings is 1. The lowest BCUT2D eigenvalue weighted by molar-refractivity contribution is -0.142. The molecule has 1 aliphatic carbocycles. The summed E-state index contributed by atoms with van der Waals surface area (Å²) in [6.45, 7) is 10.1. The van der Waals surface area contributed by atoms with Gasteiger partial charge in [-0.05, 0) is 76.6 Å². The Kier molecular flexibility index (Phi) is 9.74. The van der Waals surface area contributed by atoms with Crippen molar-refractivity contribution in [1.29, 1.82) is 0 Å². The number of carbonyl (C=O) groups excluding carboxylic acids is 3. The van der Waals surface area contributed by atoms with Crippen molar-refractivity contribution in [2.45, 2.75) is 71.6 Å². The molecule has 37 heavy (non-hydrogen) atoms. The highest BCUT2D eigenvalue weighted by Crippen LogP contribution is 2.37. The molecule has 2 amide bonds. The van der Waals surface area contributed by atoms with Crippen molar-refractivity contribution >= 4 is 23.9 Å². The van der Waals surface area contributed by atoms with Crippen LogP contribution in [0.25, 0.3) is 0 Å². The van der Waals surface area contributed by atoms with Gasteiger partial charge in [0, 0.05) is 29.9 Å². The number of carboxylic acid groups (broad SMARTS) is 1. The van der Waals surface area contributed by atoms with Gasteiger partial charge in [0.25, 0.3) is 5.91 Å². The maximum absolute atomic E-state index is 12.8. The number of hydrogen-bond donors (Lipinski definition) is 3. The topological polar surface area (TPSA) is 131 Å². The first-order valence-electron chi connectivity index (χ1n) is 12.0. The lowest BCUT2D eigenvalue weighted by Crippen LogP contribution is -2.63. The van der Waals surface area contributed by atoms with E-state index in [1.165, 1.54) is 26.0 Å². The van der Waals surface area contributed by atoms with Gasteiger partial charge in [-0.15, -0.1) is 0 Å². The fourth-order valence-electron chi connectivity index (χ4n) is 3.38. The van der Waals surface area contributed by atoms with Gasteiger partial charge >= 0.3 is 18.0 Å². The van der Waals surface area contributed by atoms with Crippen LogP contribution < -0.4 is 10.6 Å². The number of alkyl carbamates (subject to hydrolysis) is 1. The summed E-state index contributed by atoms with van der Waals surface area (Å²) < 4.78 is 10.2. The fourth-order valence-corrected chi connectivity index (χ4v) is 3.38. The molecule has 0 aliphatic heterocycles. The van der Waals surface area contributed by atoms with Gasteiger partial charge in [-0.2, -0.15) is 0 Å².